The van der Waals surface area contributed by atoms with E-state index >= 15 is 0 Å². The van der Waals surface area contributed by atoms with Gasteiger partial charge in [0, 0.05) is 16.0 Å². The normalized spacial score (nSPS) is 28.8. The summed E-state index contributed by atoms with van der Waals surface area (Å²) in [7, 11) is -2.89. The third-order valence-corrected chi connectivity index (χ3v) is 6.27. The van der Waals surface area contributed by atoms with E-state index in [0.29, 0.717) is 5.02 Å². The number of hydrogen-bond donors (Lipinski definition) is 1. The molecule has 3 rings (SSSR count). The summed E-state index contributed by atoms with van der Waals surface area (Å²) in [6.45, 7) is 0. The van der Waals surface area contributed by atoms with Crippen LogP contribution in [0.4, 0.5) is 5.69 Å². The van der Waals surface area contributed by atoms with Crippen molar-refractivity contribution in [3.63, 3.8) is 0 Å². The van der Waals surface area contributed by atoms with Gasteiger partial charge in [0.25, 0.3) is 0 Å². The summed E-state index contributed by atoms with van der Waals surface area (Å²) in [5, 5.41) is 4.68. The first-order valence-corrected chi connectivity index (χ1v) is 8.57. The summed E-state index contributed by atoms with van der Waals surface area (Å²) in [6, 6.07) is 7.28. The minimum Gasteiger partial charge on any atom is -0.335 e. The predicted octanol–water partition coefficient (Wildman–Crippen LogP) is 2.02. The molecule has 2 atom stereocenters. The molecule has 2 aliphatic heterocycles. The van der Waals surface area contributed by atoms with E-state index in [1.54, 1.807) is 6.07 Å². The molecule has 0 amide bonds. The number of nitrogens with one attached hydrogen (secondary N) is 1. The Morgan fingerprint density at radius 1 is 1.39 bits per heavy atom. The van der Waals surface area contributed by atoms with E-state index in [2.05, 4.69) is 10.3 Å². The average Bonchev–Trinajstić information content (AvgIpc) is 2.70. The molecular formula is C11H11ClN2O2S2. The summed E-state index contributed by atoms with van der Waals surface area (Å²) in [6.07, 6.45) is 0. The first-order valence-electron chi connectivity index (χ1n) is 5.49. The Balaban J connectivity index is 1.74. The van der Waals surface area contributed by atoms with Crippen molar-refractivity contribution in [2.45, 2.75) is 11.3 Å². The van der Waals surface area contributed by atoms with Crippen LogP contribution in [-0.2, 0) is 9.84 Å². The number of aliphatic imine (C=N–C) groups is 1. The van der Waals surface area contributed by atoms with Gasteiger partial charge in [0.2, 0.25) is 0 Å². The van der Waals surface area contributed by atoms with Crippen LogP contribution in [0.3, 0.4) is 0 Å². The summed E-state index contributed by atoms with van der Waals surface area (Å²) in [5.74, 6) is 0.401. The largest absolute Gasteiger partial charge is 0.335 e. The first kappa shape index (κ1) is 12.3. The molecular weight excluding hydrogens is 292 g/mol. The molecule has 1 N–H and O–H groups in total. The van der Waals surface area contributed by atoms with Gasteiger partial charge < -0.3 is 5.32 Å². The fourth-order valence-electron chi connectivity index (χ4n) is 2.11. The number of sulfone groups is 1. The zero-order valence-electron chi connectivity index (χ0n) is 9.34. The van der Waals surface area contributed by atoms with Gasteiger partial charge in [-0.2, -0.15) is 0 Å². The maximum atomic E-state index is 11.4. The highest BCUT2D eigenvalue weighted by molar-refractivity contribution is 8.15. The van der Waals surface area contributed by atoms with Crippen molar-refractivity contribution in [3.8, 4) is 0 Å². The Morgan fingerprint density at radius 2 is 2.22 bits per heavy atom. The highest BCUT2D eigenvalue weighted by Gasteiger charge is 2.42. The summed E-state index contributed by atoms with van der Waals surface area (Å²) in [5.41, 5.74) is 0.872. The number of nitrogens with zero attached hydrogens (tertiary/aromatic N) is 1. The van der Waals surface area contributed by atoms with E-state index in [1.807, 2.05) is 18.2 Å². The van der Waals surface area contributed by atoms with Gasteiger partial charge in [-0.15, -0.1) is 0 Å². The minimum atomic E-state index is -2.89. The Labute approximate surface area is 115 Å². The molecule has 1 saturated heterocycles. The van der Waals surface area contributed by atoms with E-state index in [9.17, 15) is 8.42 Å². The number of thioether (sulfide) groups is 1. The SMILES string of the molecule is O=S1(=O)C[C@@H]2N=C(Nc3cccc(Cl)c3)S[C@H]2C1. The standard InChI is InChI=1S/C11H11ClN2O2S2/c12-7-2-1-3-8(4-7)13-11-14-9-5-18(15,16)6-10(9)17-11/h1-4,9-10H,5-6H2,(H,13,14)/t9-,10-/m0/s1. The zero-order chi connectivity index (χ0) is 12.8. The maximum Gasteiger partial charge on any atom is 0.161 e. The second-order valence-corrected chi connectivity index (χ2v) is 8.19. The number of hydrogen-bond acceptors (Lipinski definition) is 5. The lowest BCUT2D eigenvalue weighted by atomic mass is 10.3. The van der Waals surface area contributed by atoms with Gasteiger partial charge in [-0.3, -0.25) is 4.99 Å². The Bertz CT molecular complexity index is 615. The first-order chi connectivity index (χ1) is 8.52. The predicted molar refractivity (Wildman–Crippen MR) is 76.3 cm³/mol. The van der Waals surface area contributed by atoms with Crippen molar-refractivity contribution in [2.24, 2.45) is 4.99 Å². The fourth-order valence-corrected chi connectivity index (χ4v) is 5.97. The Morgan fingerprint density at radius 3 is 2.94 bits per heavy atom. The molecule has 96 valence electrons. The lowest BCUT2D eigenvalue weighted by Crippen LogP contribution is -2.13. The van der Waals surface area contributed by atoms with Gasteiger partial charge in [0.05, 0.1) is 17.5 Å². The Kier molecular flexibility index (Phi) is 3.03. The number of anilines is 1. The average molecular weight is 303 g/mol. The minimum absolute atomic E-state index is 0.0664. The molecule has 4 nitrogen and oxygen atoms in total. The van der Waals surface area contributed by atoms with Gasteiger partial charge in [-0.25, -0.2) is 8.42 Å². The Hall–Kier alpha value is -0.720. The number of benzene rings is 1. The van der Waals surface area contributed by atoms with Gasteiger partial charge >= 0.3 is 0 Å². The van der Waals surface area contributed by atoms with Crippen LogP contribution in [0, 0.1) is 0 Å². The lowest BCUT2D eigenvalue weighted by molar-refractivity contribution is 0.601. The smallest absolute Gasteiger partial charge is 0.161 e. The molecule has 0 radical (unpaired) electrons. The van der Waals surface area contributed by atoms with Crippen molar-refractivity contribution in [1.29, 1.82) is 0 Å². The number of amidine groups is 1. The zero-order valence-corrected chi connectivity index (χ0v) is 11.7. The third-order valence-electron chi connectivity index (χ3n) is 2.89. The molecule has 0 bridgehead atoms. The molecule has 1 aromatic carbocycles. The van der Waals surface area contributed by atoms with Crippen LogP contribution in [0.5, 0.6) is 0 Å². The maximum absolute atomic E-state index is 11.4. The van der Waals surface area contributed by atoms with Crippen molar-refractivity contribution >= 4 is 44.1 Å². The molecule has 0 spiro atoms. The van der Waals surface area contributed by atoms with Crippen LogP contribution in [0.2, 0.25) is 5.02 Å². The van der Waals surface area contributed by atoms with Gasteiger partial charge in [-0.05, 0) is 18.2 Å². The van der Waals surface area contributed by atoms with E-state index in [-0.39, 0.29) is 22.8 Å². The van der Waals surface area contributed by atoms with E-state index in [4.69, 9.17) is 11.6 Å². The van der Waals surface area contributed by atoms with E-state index in [1.165, 1.54) is 11.8 Å². The van der Waals surface area contributed by atoms with Crippen molar-refractivity contribution in [1.82, 2.24) is 0 Å². The topological polar surface area (TPSA) is 58.5 Å². The van der Waals surface area contributed by atoms with Crippen LogP contribution >= 0.6 is 23.4 Å². The molecule has 1 aromatic rings. The molecule has 2 aliphatic rings. The van der Waals surface area contributed by atoms with Crippen LogP contribution in [0.25, 0.3) is 0 Å². The van der Waals surface area contributed by atoms with Crippen molar-refractivity contribution in [3.05, 3.63) is 29.3 Å². The second-order valence-electron chi connectivity index (χ2n) is 4.37. The number of fused-ring (bicyclic) bond motifs is 1. The molecule has 0 saturated carbocycles. The van der Waals surface area contributed by atoms with Gasteiger partial charge in [0.1, 0.15) is 0 Å². The van der Waals surface area contributed by atoms with E-state index < -0.39 is 9.84 Å². The summed E-state index contributed by atoms with van der Waals surface area (Å²) in [4.78, 5) is 4.42. The molecule has 2 heterocycles. The molecule has 0 aromatic heterocycles. The van der Waals surface area contributed by atoms with Gasteiger partial charge in [0.15, 0.2) is 15.0 Å². The molecule has 7 heteroatoms. The van der Waals surface area contributed by atoms with Crippen LogP contribution in [0.1, 0.15) is 0 Å². The van der Waals surface area contributed by atoms with E-state index in [0.717, 1.165) is 10.9 Å². The molecule has 18 heavy (non-hydrogen) atoms. The number of halogens is 1. The highest BCUT2D eigenvalue weighted by Crippen LogP contribution is 2.34. The molecule has 1 fully saturated rings. The number of rotatable bonds is 1. The van der Waals surface area contributed by atoms with Crippen LogP contribution in [-0.4, -0.2) is 36.4 Å². The fraction of sp³-hybridized carbons (Fsp3) is 0.364. The van der Waals surface area contributed by atoms with Crippen LogP contribution < -0.4 is 5.32 Å². The summed E-state index contributed by atoms with van der Waals surface area (Å²) >= 11 is 7.40. The van der Waals surface area contributed by atoms with Gasteiger partial charge in [-0.1, -0.05) is 29.4 Å². The van der Waals surface area contributed by atoms with Crippen molar-refractivity contribution in [2.75, 3.05) is 16.8 Å². The third kappa shape index (κ3) is 2.50. The highest BCUT2D eigenvalue weighted by atomic mass is 35.5. The van der Waals surface area contributed by atoms with Crippen LogP contribution in [0.15, 0.2) is 29.3 Å². The summed E-state index contributed by atoms with van der Waals surface area (Å²) < 4.78 is 22.9. The molecule has 0 unspecified atom stereocenters. The quantitative estimate of drug-likeness (QED) is 0.862. The molecule has 0 aliphatic carbocycles. The second kappa shape index (κ2) is 4.43. The van der Waals surface area contributed by atoms with Crippen molar-refractivity contribution < 1.29 is 8.42 Å². The lowest BCUT2D eigenvalue weighted by Gasteiger charge is -2.06. The monoisotopic (exact) mass is 302 g/mol.